The Kier molecular flexibility index (Phi) is 4.00. The Bertz CT molecular complexity index is 802. The maximum Gasteiger partial charge on any atom is 0.239 e. The molecule has 9 heteroatoms. The van der Waals surface area contributed by atoms with E-state index in [-0.39, 0.29) is 30.0 Å². The Morgan fingerprint density at radius 2 is 2.32 bits per heavy atom. The van der Waals surface area contributed by atoms with Crippen LogP contribution in [0.4, 0.5) is 5.82 Å². The molecule has 0 aromatic carbocycles. The summed E-state index contributed by atoms with van der Waals surface area (Å²) in [6.45, 7) is 0.126. The minimum atomic E-state index is -2.99. The van der Waals surface area contributed by atoms with E-state index in [2.05, 4.69) is 15.3 Å². The highest BCUT2D eigenvalue weighted by Gasteiger charge is 2.29. The van der Waals surface area contributed by atoms with E-state index in [4.69, 9.17) is 0 Å². The lowest BCUT2D eigenvalue weighted by molar-refractivity contribution is -0.120. The van der Waals surface area contributed by atoms with Gasteiger partial charge in [0, 0.05) is 13.1 Å². The summed E-state index contributed by atoms with van der Waals surface area (Å²) in [6.07, 6.45) is 1.96. The SMILES string of the molecule is CN(CC(=O)NC1CCS(=O)(=O)C1)c1ncnc2ccsc12. The van der Waals surface area contributed by atoms with Gasteiger partial charge in [0.05, 0.1) is 28.3 Å². The van der Waals surface area contributed by atoms with Gasteiger partial charge in [-0.15, -0.1) is 11.3 Å². The monoisotopic (exact) mass is 340 g/mol. The van der Waals surface area contributed by atoms with Gasteiger partial charge in [-0.3, -0.25) is 4.79 Å². The fourth-order valence-electron chi connectivity index (χ4n) is 2.52. The molecule has 2 aromatic heterocycles. The molecule has 3 rings (SSSR count). The third kappa shape index (κ3) is 3.20. The smallest absolute Gasteiger partial charge is 0.239 e. The highest BCUT2D eigenvalue weighted by Crippen LogP contribution is 2.26. The minimum absolute atomic E-state index is 0.0329. The van der Waals surface area contributed by atoms with E-state index in [0.29, 0.717) is 12.2 Å². The number of rotatable bonds is 4. The summed E-state index contributed by atoms with van der Waals surface area (Å²) in [4.78, 5) is 22.2. The Morgan fingerprint density at radius 1 is 1.50 bits per heavy atom. The van der Waals surface area contributed by atoms with E-state index < -0.39 is 9.84 Å². The third-order valence-corrected chi connectivity index (χ3v) is 6.23. The number of carbonyl (C=O) groups is 1. The molecule has 1 aliphatic rings. The Labute approximate surface area is 132 Å². The van der Waals surface area contributed by atoms with Crippen molar-refractivity contribution in [2.45, 2.75) is 12.5 Å². The van der Waals surface area contributed by atoms with E-state index in [1.54, 1.807) is 11.9 Å². The van der Waals surface area contributed by atoms with Crippen LogP contribution < -0.4 is 10.2 Å². The van der Waals surface area contributed by atoms with Crippen molar-refractivity contribution in [3.05, 3.63) is 17.8 Å². The molecule has 2 aromatic rings. The predicted octanol–water partition coefficient (Wildman–Crippen LogP) is 0.431. The van der Waals surface area contributed by atoms with Gasteiger partial charge in [-0.05, 0) is 17.9 Å². The average molecular weight is 340 g/mol. The summed E-state index contributed by atoms with van der Waals surface area (Å²) in [5, 5.41) is 4.71. The number of hydrogen-bond acceptors (Lipinski definition) is 7. The maximum atomic E-state index is 12.1. The first kappa shape index (κ1) is 15.2. The molecule has 0 saturated carbocycles. The van der Waals surface area contributed by atoms with Crippen LogP contribution in [0.25, 0.3) is 10.2 Å². The highest BCUT2D eigenvalue weighted by atomic mass is 32.2. The van der Waals surface area contributed by atoms with Crippen molar-refractivity contribution in [3.63, 3.8) is 0 Å². The van der Waals surface area contributed by atoms with Crippen LogP contribution in [0.1, 0.15) is 6.42 Å². The quantitative estimate of drug-likeness (QED) is 0.868. The number of sulfone groups is 1. The molecule has 0 spiro atoms. The standard InChI is InChI=1S/C13H16N4O3S2/c1-17(13-12-10(2-4-21-12)14-8-15-13)6-11(18)16-9-3-5-22(19,20)7-9/h2,4,8-9H,3,5-7H2,1H3,(H,16,18). The number of hydrogen-bond donors (Lipinski definition) is 1. The topological polar surface area (TPSA) is 92.3 Å². The first-order chi connectivity index (χ1) is 10.4. The molecule has 1 N–H and O–H groups in total. The van der Waals surface area contributed by atoms with Gasteiger partial charge in [0.1, 0.15) is 12.1 Å². The number of amides is 1. The molecule has 3 heterocycles. The molecule has 1 amide bonds. The van der Waals surface area contributed by atoms with Gasteiger partial charge in [0.15, 0.2) is 9.84 Å². The number of aromatic nitrogens is 2. The van der Waals surface area contributed by atoms with Gasteiger partial charge in [-0.25, -0.2) is 18.4 Å². The second-order valence-electron chi connectivity index (χ2n) is 5.36. The molecule has 0 bridgehead atoms. The van der Waals surface area contributed by atoms with Gasteiger partial charge < -0.3 is 10.2 Å². The summed E-state index contributed by atoms with van der Waals surface area (Å²) in [5.41, 5.74) is 0.851. The van der Waals surface area contributed by atoms with Crippen LogP contribution in [0, 0.1) is 0 Å². The van der Waals surface area contributed by atoms with Crippen molar-refractivity contribution in [2.75, 3.05) is 30.0 Å². The summed E-state index contributed by atoms with van der Waals surface area (Å²) in [7, 11) is -1.21. The predicted molar refractivity (Wildman–Crippen MR) is 85.9 cm³/mol. The third-order valence-electron chi connectivity index (χ3n) is 3.56. The summed E-state index contributed by atoms with van der Waals surface area (Å²) in [6, 6.07) is 1.63. The molecule has 7 nitrogen and oxygen atoms in total. The lowest BCUT2D eigenvalue weighted by atomic mass is 10.2. The number of nitrogens with zero attached hydrogens (tertiary/aromatic N) is 3. The van der Waals surface area contributed by atoms with Crippen molar-refractivity contribution in [2.24, 2.45) is 0 Å². The van der Waals surface area contributed by atoms with Crippen LogP contribution >= 0.6 is 11.3 Å². The summed E-state index contributed by atoms with van der Waals surface area (Å²) in [5.74, 6) is 0.683. The van der Waals surface area contributed by atoms with Gasteiger partial charge in [-0.1, -0.05) is 0 Å². The number of likely N-dealkylation sites (N-methyl/N-ethyl adjacent to an activating group) is 1. The van der Waals surface area contributed by atoms with Gasteiger partial charge in [0.25, 0.3) is 0 Å². The van der Waals surface area contributed by atoms with E-state index in [9.17, 15) is 13.2 Å². The fourth-order valence-corrected chi connectivity index (χ4v) is 5.08. The molecular formula is C13H16N4O3S2. The van der Waals surface area contributed by atoms with Crippen molar-refractivity contribution < 1.29 is 13.2 Å². The van der Waals surface area contributed by atoms with Crippen LogP contribution in [-0.2, 0) is 14.6 Å². The molecule has 1 aliphatic heterocycles. The number of anilines is 1. The van der Waals surface area contributed by atoms with Crippen molar-refractivity contribution in [3.8, 4) is 0 Å². The van der Waals surface area contributed by atoms with Crippen molar-refractivity contribution >= 4 is 43.1 Å². The molecule has 0 aliphatic carbocycles. The molecule has 1 unspecified atom stereocenters. The van der Waals surface area contributed by atoms with Crippen LogP contribution in [-0.4, -0.2) is 55.4 Å². The van der Waals surface area contributed by atoms with Crippen LogP contribution in [0.3, 0.4) is 0 Å². The zero-order valence-corrected chi connectivity index (χ0v) is 13.7. The van der Waals surface area contributed by atoms with E-state index in [0.717, 1.165) is 10.2 Å². The number of carbonyl (C=O) groups excluding carboxylic acids is 1. The average Bonchev–Trinajstić information content (AvgIpc) is 3.04. The summed E-state index contributed by atoms with van der Waals surface area (Å²) >= 11 is 1.52. The molecule has 1 atom stereocenters. The molecule has 22 heavy (non-hydrogen) atoms. The maximum absolute atomic E-state index is 12.1. The first-order valence-electron chi connectivity index (χ1n) is 6.84. The Balaban J connectivity index is 1.65. The lowest BCUT2D eigenvalue weighted by Crippen LogP contribution is -2.41. The Hall–Kier alpha value is -1.74. The second-order valence-corrected chi connectivity index (χ2v) is 8.50. The van der Waals surface area contributed by atoms with Crippen LogP contribution in [0.5, 0.6) is 0 Å². The number of fused-ring (bicyclic) bond motifs is 1. The van der Waals surface area contributed by atoms with Gasteiger partial charge >= 0.3 is 0 Å². The zero-order valence-electron chi connectivity index (χ0n) is 12.0. The van der Waals surface area contributed by atoms with Gasteiger partial charge in [0.2, 0.25) is 5.91 Å². The molecule has 1 saturated heterocycles. The highest BCUT2D eigenvalue weighted by molar-refractivity contribution is 7.91. The van der Waals surface area contributed by atoms with Crippen LogP contribution in [0.15, 0.2) is 17.8 Å². The van der Waals surface area contributed by atoms with Crippen LogP contribution in [0.2, 0.25) is 0 Å². The zero-order chi connectivity index (χ0) is 15.7. The fraction of sp³-hybridized carbons (Fsp3) is 0.462. The molecule has 118 valence electrons. The van der Waals surface area contributed by atoms with Crippen molar-refractivity contribution in [1.82, 2.24) is 15.3 Å². The normalized spacial score (nSPS) is 20.1. The molecular weight excluding hydrogens is 324 g/mol. The number of thiophene rings is 1. The minimum Gasteiger partial charge on any atom is -0.351 e. The summed E-state index contributed by atoms with van der Waals surface area (Å²) < 4.78 is 23.7. The molecule has 0 radical (unpaired) electrons. The number of nitrogens with one attached hydrogen (secondary N) is 1. The second kappa shape index (κ2) is 5.81. The van der Waals surface area contributed by atoms with E-state index in [1.807, 2.05) is 11.4 Å². The van der Waals surface area contributed by atoms with Crippen molar-refractivity contribution in [1.29, 1.82) is 0 Å². The first-order valence-corrected chi connectivity index (χ1v) is 9.54. The van der Waals surface area contributed by atoms with E-state index in [1.165, 1.54) is 17.7 Å². The van der Waals surface area contributed by atoms with Gasteiger partial charge in [-0.2, -0.15) is 0 Å². The Morgan fingerprint density at radius 3 is 3.05 bits per heavy atom. The largest absolute Gasteiger partial charge is 0.351 e. The molecule has 1 fully saturated rings. The lowest BCUT2D eigenvalue weighted by Gasteiger charge is -2.19. The van der Waals surface area contributed by atoms with E-state index >= 15 is 0 Å².